The minimum absolute atomic E-state index is 0.0395. The van der Waals surface area contributed by atoms with Gasteiger partial charge in [-0.2, -0.15) is 5.26 Å². The molecular weight excluding hydrogens is 362 g/mol. The van der Waals surface area contributed by atoms with E-state index in [1.54, 1.807) is 18.2 Å². The van der Waals surface area contributed by atoms with Crippen molar-refractivity contribution >= 4 is 11.6 Å². The first kappa shape index (κ1) is 20.5. The molecule has 0 spiro atoms. The fraction of sp³-hybridized carbons (Fsp3) is 0.333. The predicted molar refractivity (Wildman–Crippen MR) is 114 cm³/mol. The topological polar surface area (TPSA) is 85.2 Å². The van der Waals surface area contributed by atoms with Gasteiger partial charge in [0, 0.05) is 6.20 Å². The minimum atomic E-state index is -0.434. The maximum atomic E-state index is 12.7. The average molecular weight is 389 g/mol. The zero-order valence-electron chi connectivity index (χ0n) is 17.0. The van der Waals surface area contributed by atoms with Crippen LogP contribution in [0.5, 0.6) is 5.75 Å². The summed E-state index contributed by atoms with van der Waals surface area (Å²) >= 11 is 0. The first-order valence-corrected chi connectivity index (χ1v) is 10.1. The van der Waals surface area contributed by atoms with Crippen molar-refractivity contribution in [2.24, 2.45) is 0 Å². The summed E-state index contributed by atoms with van der Waals surface area (Å²) in [6, 6.07) is 13.3. The van der Waals surface area contributed by atoms with E-state index in [1.807, 2.05) is 19.9 Å². The van der Waals surface area contributed by atoms with Crippen LogP contribution in [0.25, 0.3) is 0 Å². The molecule has 3 N–H and O–H groups in total. The van der Waals surface area contributed by atoms with Gasteiger partial charge in [0.2, 0.25) is 0 Å². The molecule has 0 aliphatic heterocycles. The molecule has 0 saturated heterocycles. The van der Waals surface area contributed by atoms with Gasteiger partial charge in [-0.3, -0.25) is 4.79 Å². The van der Waals surface area contributed by atoms with Crippen LogP contribution in [0, 0.1) is 18.3 Å². The van der Waals surface area contributed by atoms with Gasteiger partial charge in [0.25, 0.3) is 5.91 Å². The smallest absolute Gasteiger partial charge is 0.263 e. The van der Waals surface area contributed by atoms with Crippen molar-refractivity contribution in [2.45, 2.75) is 52.0 Å². The maximum absolute atomic E-state index is 12.7. The number of nitrogens with zero attached hydrogens (tertiary/aromatic N) is 1. The Morgan fingerprint density at radius 1 is 1.21 bits per heavy atom. The van der Waals surface area contributed by atoms with E-state index in [9.17, 15) is 15.2 Å². The van der Waals surface area contributed by atoms with Crippen molar-refractivity contribution in [3.63, 3.8) is 0 Å². The van der Waals surface area contributed by atoms with Crippen molar-refractivity contribution < 1.29 is 9.90 Å². The summed E-state index contributed by atoms with van der Waals surface area (Å²) in [5.74, 6) is -0.373. The number of benzene rings is 2. The Morgan fingerprint density at radius 3 is 2.69 bits per heavy atom. The fourth-order valence-corrected chi connectivity index (χ4v) is 3.69. The van der Waals surface area contributed by atoms with Crippen LogP contribution in [0.4, 0.5) is 5.69 Å². The Balaban J connectivity index is 1.73. The first-order chi connectivity index (χ1) is 14.0. The maximum Gasteiger partial charge on any atom is 0.263 e. The number of nitrogens with one attached hydrogen (secondary N) is 2. The van der Waals surface area contributed by atoms with Gasteiger partial charge >= 0.3 is 0 Å². The summed E-state index contributed by atoms with van der Waals surface area (Å²) in [5.41, 5.74) is 5.22. The third-order valence-electron chi connectivity index (χ3n) is 5.38. The van der Waals surface area contributed by atoms with Crippen LogP contribution >= 0.6 is 0 Å². The Bertz CT molecular complexity index is 973. The molecule has 1 unspecified atom stereocenters. The van der Waals surface area contributed by atoms with Crippen LogP contribution in [0.2, 0.25) is 0 Å². The number of aryl methyl sites for hydroxylation is 3. The molecule has 5 nitrogen and oxygen atoms in total. The highest BCUT2D eigenvalue weighted by molar-refractivity contribution is 5.97. The quantitative estimate of drug-likeness (QED) is 0.381. The van der Waals surface area contributed by atoms with Crippen molar-refractivity contribution in [3.05, 3.63) is 70.4 Å². The standard InChI is InChI=1S/C24H27N3O2/c1-3-21(19-10-9-17-6-4-5-7-18(17)13-19)27-24(29)20(14-25)15-26-22-12-16(2)8-11-23(22)28/h8-13,15,21,26,28H,3-7H2,1-2H3,(H,27,29)/b20-15-. The Labute approximate surface area is 172 Å². The van der Waals surface area contributed by atoms with Crippen LogP contribution in [0.3, 0.4) is 0 Å². The van der Waals surface area contributed by atoms with Gasteiger partial charge in [-0.05, 0) is 73.4 Å². The molecule has 0 saturated carbocycles. The highest BCUT2D eigenvalue weighted by Gasteiger charge is 2.18. The predicted octanol–water partition coefficient (Wildman–Crippen LogP) is 4.67. The summed E-state index contributed by atoms with van der Waals surface area (Å²) in [6.07, 6.45) is 6.72. The van der Waals surface area contributed by atoms with E-state index in [2.05, 4.69) is 28.8 Å². The number of fused-ring (bicyclic) bond motifs is 1. The van der Waals surface area contributed by atoms with Gasteiger partial charge in [0.15, 0.2) is 0 Å². The van der Waals surface area contributed by atoms with Gasteiger partial charge in [-0.25, -0.2) is 0 Å². The van der Waals surface area contributed by atoms with Gasteiger partial charge < -0.3 is 15.7 Å². The van der Waals surface area contributed by atoms with E-state index in [-0.39, 0.29) is 17.4 Å². The molecule has 0 fully saturated rings. The van der Waals surface area contributed by atoms with Gasteiger partial charge in [-0.1, -0.05) is 31.2 Å². The lowest BCUT2D eigenvalue weighted by Gasteiger charge is -2.21. The molecule has 0 radical (unpaired) electrons. The molecule has 0 heterocycles. The molecular formula is C24H27N3O2. The number of nitriles is 1. The lowest BCUT2D eigenvalue weighted by Crippen LogP contribution is -2.29. The number of anilines is 1. The number of hydrogen-bond donors (Lipinski definition) is 3. The van der Waals surface area contributed by atoms with Crippen LogP contribution < -0.4 is 10.6 Å². The van der Waals surface area contributed by atoms with Crippen LogP contribution in [0.1, 0.15) is 54.5 Å². The number of hydrogen-bond acceptors (Lipinski definition) is 4. The molecule has 0 bridgehead atoms. The minimum Gasteiger partial charge on any atom is -0.506 e. The number of phenolic OH excluding ortho intramolecular Hbond substituents is 1. The summed E-state index contributed by atoms with van der Waals surface area (Å²) in [5, 5.41) is 25.2. The molecule has 2 aromatic carbocycles. The summed E-state index contributed by atoms with van der Waals surface area (Å²) in [4.78, 5) is 12.7. The van der Waals surface area contributed by atoms with Crippen molar-refractivity contribution in [1.82, 2.24) is 5.32 Å². The van der Waals surface area contributed by atoms with E-state index < -0.39 is 5.91 Å². The average Bonchev–Trinajstić information content (AvgIpc) is 2.74. The Morgan fingerprint density at radius 2 is 1.97 bits per heavy atom. The first-order valence-electron chi connectivity index (χ1n) is 10.1. The third kappa shape index (κ3) is 4.97. The lowest BCUT2D eigenvalue weighted by molar-refractivity contribution is -0.117. The number of carbonyl (C=O) groups is 1. The summed E-state index contributed by atoms with van der Waals surface area (Å²) in [6.45, 7) is 3.92. The number of phenols is 1. The normalized spacial score (nSPS) is 14.4. The van der Waals surface area contributed by atoms with E-state index >= 15 is 0 Å². The Hall–Kier alpha value is -3.26. The molecule has 29 heavy (non-hydrogen) atoms. The van der Waals surface area contributed by atoms with E-state index in [1.165, 1.54) is 30.2 Å². The molecule has 2 aromatic rings. The monoisotopic (exact) mass is 389 g/mol. The van der Waals surface area contributed by atoms with Crippen molar-refractivity contribution in [3.8, 4) is 11.8 Å². The van der Waals surface area contributed by atoms with Crippen molar-refractivity contribution in [1.29, 1.82) is 5.26 Å². The number of amides is 1. The molecule has 0 aromatic heterocycles. The fourth-order valence-electron chi connectivity index (χ4n) is 3.69. The second-order valence-corrected chi connectivity index (χ2v) is 7.50. The number of rotatable bonds is 6. The van der Waals surface area contributed by atoms with Gasteiger partial charge in [0.05, 0.1) is 11.7 Å². The highest BCUT2D eigenvalue weighted by atomic mass is 16.3. The number of carbonyl (C=O) groups excluding carboxylic acids is 1. The lowest BCUT2D eigenvalue weighted by atomic mass is 9.88. The molecule has 1 amide bonds. The van der Waals surface area contributed by atoms with Crippen LogP contribution in [-0.4, -0.2) is 11.0 Å². The summed E-state index contributed by atoms with van der Waals surface area (Å²) in [7, 11) is 0. The molecule has 150 valence electrons. The second kappa shape index (κ2) is 9.29. The van der Waals surface area contributed by atoms with E-state index in [4.69, 9.17) is 0 Å². The molecule has 1 atom stereocenters. The zero-order chi connectivity index (χ0) is 20.8. The highest BCUT2D eigenvalue weighted by Crippen LogP contribution is 2.27. The molecule has 5 heteroatoms. The van der Waals surface area contributed by atoms with Gasteiger partial charge in [0.1, 0.15) is 17.4 Å². The van der Waals surface area contributed by atoms with Crippen molar-refractivity contribution in [2.75, 3.05) is 5.32 Å². The SMILES string of the molecule is CCC(NC(=O)/C(C#N)=C\Nc1cc(C)ccc1O)c1ccc2c(c1)CCCC2. The van der Waals surface area contributed by atoms with Gasteiger partial charge in [-0.15, -0.1) is 0 Å². The van der Waals surface area contributed by atoms with Crippen LogP contribution in [0.15, 0.2) is 48.2 Å². The molecule has 1 aliphatic carbocycles. The number of aromatic hydroxyl groups is 1. The van der Waals surface area contributed by atoms with Crippen LogP contribution in [-0.2, 0) is 17.6 Å². The van der Waals surface area contributed by atoms with E-state index in [0.29, 0.717) is 5.69 Å². The molecule has 1 aliphatic rings. The third-order valence-corrected chi connectivity index (χ3v) is 5.38. The Kier molecular flexibility index (Phi) is 6.56. The zero-order valence-corrected chi connectivity index (χ0v) is 17.0. The van der Waals surface area contributed by atoms with E-state index in [0.717, 1.165) is 30.4 Å². The molecule has 3 rings (SSSR count). The largest absolute Gasteiger partial charge is 0.506 e. The second-order valence-electron chi connectivity index (χ2n) is 7.50. The summed E-state index contributed by atoms with van der Waals surface area (Å²) < 4.78 is 0.